The van der Waals surface area contributed by atoms with Crippen molar-refractivity contribution >= 4 is 23.4 Å². The van der Waals surface area contributed by atoms with E-state index < -0.39 is 0 Å². The number of hydrogen-bond acceptors (Lipinski definition) is 5. The van der Waals surface area contributed by atoms with Gasteiger partial charge in [-0.3, -0.25) is 19.3 Å². The van der Waals surface area contributed by atoms with Gasteiger partial charge in [-0.15, -0.1) is 0 Å². The highest BCUT2D eigenvalue weighted by atomic mass is 16.5. The lowest BCUT2D eigenvalue weighted by Crippen LogP contribution is -2.41. The van der Waals surface area contributed by atoms with E-state index in [-0.39, 0.29) is 30.8 Å². The van der Waals surface area contributed by atoms with Gasteiger partial charge in [0.2, 0.25) is 0 Å². The summed E-state index contributed by atoms with van der Waals surface area (Å²) >= 11 is 0. The van der Waals surface area contributed by atoms with Gasteiger partial charge in [0.15, 0.2) is 0 Å². The van der Waals surface area contributed by atoms with Crippen LogP contribution in [0.15, 0.2) is 72.8 Å². The van der Waals surface area contributed by atoms with Crippen LogP contribution in [0.1, 0.15) is 31.1 Å². The van der Waals surface area contributed by atoms with E-state index in [9.17, 15) is 14.4 Å². The maximum atomic E-state index is 13.4. The SMILES string of the molecule is COc1cccc(C(=O)N(CCN2C(=O)c3ccccc3C2=O)c2cccc(OC)c2)c1. The van der Waals surface area contributed by atoms with E-state index in [4.69, 9.17) is 9.47 Å². The number of nitrogens with zero attached hydrogens (tertiary/aromatic N) is 2. The molecule has 0 radical (unpaired) electrons. The smallest absolute Gasteiger partial charge is 0.261 e. The first-order valence-corrected chi connectivity index (χ1v) is 10.1. The second kappa shape index (κ2) is 8.93. The van der Waals surface area contributed by atoms with Gasteiger partial charge in [-0.25, -0.2) is 0 Å². The molecule has 7 nitrogen and oxygen atoms in total. The van der Waals surface area contributed by atoms with Crippen molar-refractivity contribution in [2.24, 2.45) is 0 Å². The molecule has 1 aliphatic rings. The van der Waals surface area contributed by atoms with Crippen LogP contribution in [0.2, 0.25) is 0 Å². The average molecular weight is 430 g/mol. The third-order valence-electron chi connectivity index (χ3n) is 5.35. The van der Waals surface area contributed by atoms with Crippen LogP contribution >= 0.6 is 0 Å². The summed E-state index contributed by atoms with van der Waals surface area (Å²) < 4.78 is 10.5. The van der Waals surface area contributed by atoms with Crippen molar-refractivity contribution in [3.05, 3.63) is 89.5 Å². The third-order valence-corrected chi connectivity index (χ3v) is 5.35. The standard InChI is InChI=1S/C25H22N2O5/c1-31-19-9-5-7-17(15-19)23(28)26(18-8-6-10-20(16-18)32-2)13-14-27-24(29)21-11-3-4-12-22(21)25(27)30/h3-12,15-16H,13-14H2,1-2H3. The molecule has 0 saturated carbocycles. The number of benzene rings is 3. The molecule has 32 heavy (non-hydrogen) atoms. The molecule has 3 aromatic carbocycles. The summed E-state index contributed by atoms with van der Waals surface area (Å²) in [5, 5.41) is 0. The molecule has 0 bridgehead atoms. The average Bonchev–Trinajstić information content (AvgIpc) is 3.09. The van der Waals surface area contributed by atoms with E-state index in [1.165, 1.54) is 16.9 Å². The van der Waals surface area contributed by atoms with Crippen LogP contribution in [0.4, 0.5) is 5.69 Å². The Kier molecular flexibility index (Phi) is 5.89. The first-order valence-electron chi connectivity index (χ1n) is 10.1. The number of carbonyl (C=O) groups is 3. The molecular weight excluding hydrogens is 408 g/mol. The van der Waals surface area contributed by atoms with Gasteiger partial charge in [0.1, 0.15) is 11.5 Å². The largest absolute Gasteiger partial charge is 0.497 e. The lowest BCUT2D eigenvalue weighted by Gasteiger charge is -2.25. The first-order chi connectivity index (χ1) is 15.5. The number of hydrogen-bond donors (Lipinski definition) is 0. The van der Waals surface area contributed by atoms with E-state index >= 15 is 0 Å². The molecule has 0 unspecified atom stereocenters. The first kappa shape index (κ1) is 21.1. The lowest BCUT2D eigenvalue weighted by molar-refractivity contribution is 0.0654. The zero-order valence-corrected chi connectivity index (χ0v) is 17.8. The summed E-state index contributed by atoms with van der Waals surface area (Å²) in [7, 11) is 3.08. The monoisotopic (exact) mass is 430 g/mol. The highest BCUT2D eigenvalue weighted by molar-refractivity contribution is 6.21. The van der Waals surface area contributed by atoms with Crippen LogP contribution in [-0.4, -0.2) is 49.9 Å². The quantitative estimate of drug-likeness (QED) is 0.535. The molecule has 7 heteroatoms. The van der Waals surface area contributed by atoms with Crippen LogP contribution in [-0.2, 0) is 0 Å². The molecule has 0 spiro atoms. The lowest BCUT2D eigenvalue weighted by atomic mass is 10.1. The summed E-state index contributed by atoms with van der Waals surface area (Å²) in [5.41, 5.74) is 1.78. The number of amides is 3. The molecule has 0 aromatic heterocycles. The molecule has 1 heterocycles. The Morgan fingerprint density at radius 1 is 0.812 bits per heavy atom. The molecule has 3 amide bonds. The van der Waals surface area contributed by atoms with Crippen molar-refractivity contribution in [3.63, 3.8) is 0 Å². The Balaban J connectivity index is 1.63. The Bertz CT molecular complexity index is 1160. The maximum absolute atomic E-state index is 13.4. The van der Waals surface area contributed by atoms with Crippen molar-refractivity contribution in [2.75, 3.05) is 32.2 Å². The summed E-state index contributed by atoms with van der Waals surface area (Å²) in [6.45, 7) is 0.175. The van der Waals surface area contributed by atoms with Gasteiger partial charge >= 0.3 is 0 Å². The van der Waals surface area contributed by atoms with Crippen molar-refractivity contribution in [3.8, 4) is 11.5 Å². The topological polar surface area (TPSA) is 76.2 Å². The molecular formula is C25H22N2O5. The number of carbonyl (C=O) groups excluding carboxylic acids is 3. The van der Waals surface area contributed by atoms with E-state index in [2.05, 4.69) is 0 Å². The number of anilines is 1. The van der Waals surface area contributed by atoms with Crippen LogP contribution in [0.5, 0.6) is 11.5 Å². The fourth-order valence-electron chi connectivity index (χ4n) is 3.68. The summed E-state index contributed by atoms with van der Waals surface area (Å²) in [6, 6.07) is 20.6. The number of rotatable bonds is 7. The van der Waals surface area contributed by atoms with Crippen LogP contribution in [0.3, 0.4) is 0 Å². The highest BCUT2D eigenvalue weighted by Gasteiger charge is 2.35. The van der Waals surface area contributed by atoms with Crippen molar-refractivity contribution in [1.82, 2.24) is 4.90 Å². The molecule has 3 aromatic rings. The zero-order valence-electron chi connectivity index (χ0n) is 17.8. The molecule has 0 atom stereocenters. The minimum absolute atomic E-state index is 0.0548. The minimum atomic E-state index is -0.356. The fourth-order valence-corrected chi connectivity index (χ4v) is 3.68. The number of imide groups is 1. The second-order valence-corrected chi connectivity index (χ2v) is 7.20. The fraction of sp³-hybridized carbons (Fsp3) is 0.160. The van der Waals surface area contributed by atoms with Gasteiger partial charge in [0.05, 0.1) is 25.3 Å². The van der Waals surface area contributed by atoms with Gasteiger partial charge in [-0.2, -0.15) is 0 Å². The van der Waals surface area contributed by atoms with Crippen LogP contribution in [0.25, 0.3) is 0 Å². The molecule has 0 N–H and O–H groups in total. The number of methoxy groups -OCH3 is 2. The van der Waals surface area contributed by atoms with E-state index in [1.807, 2.05) is 0 Å². The van der Waals surface area contributed by atoms with Crippen LogP contribution in [0, 0.1) is 0 Å². The van der Waals surface area contributed by atoms with Gasteiger partial charge in [0.25, 0.3) is 17.7 Å². The molecule has 0 aliphatic carbocycles. The zero-order chi connectivity index (χ0) is 22.7. The highest BCUT2D eigenvalue weighted by Crippen LogP contribution is 2.26. The van der Waals surface area contributed by atoms with Crippen molar-refractivity contribution in [2.45, 2.75) is 0 Å². The predicted molar refractivity (Wildman–Crippen MR) is 119 cm³/mol. The summed E-state index contributed by atoms with van der Waals surface area (Å²) in [5.74, 6) is 0.150. The van der Waals surface area contributed by atoms with E-state index in [1.54, 1.807) is 79.9 Å². The Labute approximate surface area is 185 Å². The Hall–Kier alpha value is -4.13. The molecule has 1 aliphatic heterocycles. The van der Waals surface area contributed by atoms with Gasteiger partial charge in [-0.05, 0) is 42.5 Å². The van der Waals surface area contributed by atoms with Crippen molar-refractivity contribution in [1.29, 1.82) is 0 Å². The minimum Gasteiger partial charge on any atom is -0.497 e. The summed E-state index contributed by atoms with van der Waals surface area (Å²) in [6.07, 6.45) is 0. The van der Waals surface area contributed by atoms with Crippen molar-refractivity contribution < 1.29 is 23.9 Å². The second-order valence-electron chi connectivity index (χ2n) is 7.20. The normalized spacial score (nSPS) is 12.5. The van der Waals surface area contributed by atoms with Gasteiger partial charge in [-0.1, -0.05) is 24.3 Å². The number of fused-ring (bicyclic) bond motifs is 1. The van der Waals surface area contributed by atoms with Gasteiger partial charge in [0, 0.05) is 30.4 Å². The predicted octanol–water partition coefficient (Wildman–Crippen LogP) is 3.65. The van der Waals surface area contributed by atoms with E-state index in [0.29, 0.717) is 33.9 Å². The molecule has 4 rings (SSSR count). The third kappa shape index (κ3) is 3.92. The maximum Gasteiger partial charge on any atom is 0.261 e. The van der Waals surface area contributed by atoms with Gasteiger partial charge < -0.3 is 14.4 Å². The summed E-state index contributed by atoms with van der Waals surface area (Å²) in [4.78, 5) is 41.6. The van der Waals surface area contributed by atoms with E-state index in [0.717, 1.165) is 0 Å². The Morgan fingerprint density at radius 3 is 2.03 bits per heavy atom. The molecule has 162 valence electrons. The number of ether oxygens (including phenoxy) is 2. The molecule has 0 saturated heterocycles. The molecule has 0 fully saturated rings. The Morgan fingerprint density at radius 2 is 1.41 bits per heavy atom. The van der Waals surface area contributed by atoms with Crippen LogP contribution < -0.4 is 14.4 Å².